The normalized spacial score (nSPS) is 15.8. The molecule has 0 radical (unpaired) electrons. The van der Waals surface area contributed by atoms with Gasteiger partial charge in [-0.3, -0.25) is 9.59 Å². The highest BCUT2D eigenvalue weighted by Crippen LogP contribution is 2.06. The molecule has 0 aliphatic carbocycles. The molecule has 1 aromatic carbocycles. The van der Waals surface area contributed by atoms with Gasteiger partial charge in [-0.2, -0.15) is 0 Å². The summed E-state index contributed by atoms with van der Waals surface area (Å²) < 4.78 is 23.5. The van der Waals surface area contributed by atoms with E-state index < -0.39 is 17.8 Å². The van der Waals surface area contributed by atoms with Gasteiger partial charge in [-0.25, -0.2) is 4.39 Å². The third-order valence-corrected chi connectivity index (χ3v) is 3.58. The van der Waals surface area contributed by atoms with Crippen LogP contribution in [0.5, 0.6) is 0 Å². The van der Waals surface area contributed by atoms with Crippen LogP contribution in [0, 0.1) is 5.82 Å². The average Bonchev–Trinajstić information content (AvgIpc) is 2.61. The molecule has 2 rings (SSSR count). The number of nitrogens with zero attached hydrogens (tertiary/aromatic N) is 1. The number of nitrogens with two attached hydrogens (primary N) is 1. The Hall–Kier alpha value is -2.03. The molecular formula is C16H22FN3O4. The molecule has 0 unspecified atom stereocenters. The molecule has 24 heavy (non-hydrogen) atoms. The molecule has 0 aromatic heterocycles. The van der Waals surface area contributed by atoms with E-state index >= 15 is 0 Å². The zero-order chi connectivity index (χ0) is 17.4. The van der Waals surface area contributed by atoms with E-state index in [0.717, 1.165) is 0 Å². The van der Waals surface area contributed by atoms with Gasteiger partial charge < -0.3 is 25.4 Å². The molecule has 0 spiro atoms. The van der Waals surface area contributed by atoms with Crippen molar-refractivity contribution in [2.75, 3.05) is 46.1 Å². The van der Waals surface area contributed by atoms with Gasteiger partial charge in [0, 0.05) is 25.2 Å². The van der Waals surface area contributed by atoms with E-state index in [1.165, 1.54) is 24.3 Å². The predicted molar refractivity (Wildman–Crippen MR) is 84.9 cm³/mol. The van der Waals surface area contributed by atoms with Gasteiger partial charge in [-0.15, -0.1) is 0 Å². The first-order chi connectivity index (χ1) is 11.6. The van der Waals surface area contributed by atoms with Crippen molar-refractivity contribution in [2.45, 2.75) is 6.04 Å². The number of hydrogen-bond acceptors (Lipinski definition) is 5. The fourth-order valence-corrected chi connectivity index (χ4v) is 2.31. The van der Waals surface area contributed by atoms with Gasteiger partial charge >= 0.3 is 0 Å². The lowest BCUT2D eigenvalue weighted by atomic mass is 10.1. The number of benzene rings is 1. The molecule has 0 bridgehead atoms. The molecule has 0 saturated carbocycles. The number of carbonyl (C=O) groups excluding carboxylic acids is 2. The standard InChI is InChI=1S/C16H22FN3O4/c17-13-3-1-12(2-4-13)15(21)19-14(11-24-8-5-18)16(22)20-6-9-23-10-7-20/h1-4,14H,5-11,18H2,(H,19,21)/t14-/m0/s1. The minimum atomic E-state index is -0.827. The molecule has 7 nitrogen and oxygen atoms in total. The van der Waals surface area contributed by atoms with Crippen molar-refractivity contribution in [3.8, 4) is 0 Å². The van der Waals surface area contributed by atoms with Gasteiger partial charge in [0.25, 0.3) is 5.91 Å². The van der Waals surface area contributed by atoms with Crippen molar-refractivity contribution in [3.63, 3.8) is 0 Å². The van der Waals surface area contributed by atoms with Crippen LogP contribution in [0.1, 0.15) is 10.4 Å². The SMILES string of the molecule is NCCOC[C@H](NC(=O)c1ccc(F)cc1)C(=O)N1CCOCC1. The molecule has 1 heterocycles. The van der Waals surface area contributed by atoms with Crippen LogP contribution in [-0.2, 0) is 14.3 Å². The fourth-order valence-electron chi connectivity index (χ4n) is 2.31. The van der Waals surface area contributed by atoms with Crippen molar-refractivity contribution in [2.24, 2.45) is 5.73 Å². The monoisotopic (exact) mass is 339 g/mol. The van der Waals surface area contributed by atoms with Crippen molar-refractivity contribution >= 4 is 11.8 Å². The summed E-state index contributed by atoms with van der Waals surface area (Å²) >= 11 is 0. The number of morpholine rings is 1. The lowest BCUT2D eigenvalue weighted by molar-refractivity contribution is -0.138. The molecule has 132 valence electrons. The first-order valence-corrected chi connectivity index (χ1v) is 7.82. The van der Waals surface area contributed by atoms with Gasteiger partial charge in [0.15, 0.2) is 0 Å². The Labute approximate surface area is 139 Å². The molecule has 1 fully saturated rings. The molecule has 1 atom stereocenters. The second kappa shape index (κ2) is 9.31. The van der Waals surface area contributed by atoms with E-state index in [2.05, 4.69) is 5.32 Å². The van der Waals surface area contributed by atoms with Gasteiger partial charge in [-0.05, 0) is 24.3 Å². The topological polar surface area (TPSA) is 93.9 Å². The Morgan fingerprint density at radius 2 is 1.96 bits per heavy atom. The molecule has 1 aliphatic rings. The lowest BCUT2D eigenvalue weighted by Crippen LogP contribution is -2.53. The second-order valence-electron chi connectivity index (χ2n) is 5.33. The first kappa shape index (κ1) is 18.3. The molecule has 3 N–H and O–H groups in total. The summed E-state index contributed by atoms with van der Waals surface area (Å²) in [7, 11) is 0. The summed E-state index contributed by atoms with van der Waals surface area (Å²) in [6.45, 7) is 2.52. The second-order valence-corrected chi connectivity index (χ2v) is 5.33. The number of carbonyl (C=O) groups is 2. The minimum Gasteiger partial charge on any atom is -0.378 e. The average molecular weight is 339 g/mol. The van der Waals surface area contributed by atoms with Gasteiger partial charge in [-0.1, -0.05) is 0 Å². The zero-order valence-corrected chi connectivity index (χ0v) is 13.4. The summed E-state index contributed by atoms with van der Waals surface area (Å²) in [5.41, 5.74) is 5.65. The number of nitrogens with one attached hydrogen (secondary N) is 1. The Morgan fingerprint density at radius 3 is 2.58 bits per heavy atom. The molecule has 8 heteroatoms. The number of halogens is 1. The lowest BCUT2D eigenvalue weighted by Gasteiger charge is -2.30. The molecule has 1 saturated heterocycles. The van der Waals surface area contributed by atoms with E-state index in [4.69, 9.17) is 15.2 Å². The number of ether oxygens (including phenoxy) is 2. The summed E-state index contributed by atoms with van der Waals surface area (Å²) in [6, 6.07) is 4.29. The first-order valence-electron chi connectivity index (χ1n) is 7.82. The van der Waals surface area contributed by atoms with Crippen molar-refractivity contribution in [1.82, 2.24) is 10.2 Å². The predicted octanol–water partition coefficient (Wildman–Crippen LogP) is -0.242. The van der Waals surface area contributed by atoms with Crippen LogP contribution >= 0.6 is 0 Å². The molecule has 1 aliphatic heterocycles. The molecule has 2 amide bonds. The van der Waals surface area contributed by atoms with Gasteiger partial charge in [0.05, 0.1) is 26.4 Å². The van der Waals surface area contributed by atoms with Crippen LogP contribution in [0.4, 0.5) is 4.39 Å². The van der Waals surface area contributed by atoms with Crippen LogP contribution in [0.25, 0.3) is 0 Å². The Kier molecular flexibility index (Phi) is 7.10. The van der Waals surface area contributed by atoms with Gasteiger partial charge in [0.1, 0.15) is 11.9 Å². The van der Waals surface area contributed by atoms with Crippen LogP contribution in [0.2, 0.25) is 0 Å². The zero-order valence-electron chi connectivity index (χ0n) is 13.4. The highest BCUT2D eigenvalue weighted by molar-refractivity contribution is 5.97. The largest absolute Gasteiger partial charge is 0.378 e. The number of amides is 2. The number of rotatable bonds is 7. The van der Waals surface area contributed by atoms with Crippen molar-refractivity contribution < 1.29 is 23.5 Å². The third kappa shape index (κ3) is 5.26. The van der Waals surface area contributed by atoms with Crippen LogP contribution < -0.4 is 11.1 Å². The van der Waals surface area contributed by atoms with Gasteiger partial charge in [0.2, 0.25) is 5.91 Å². The summed E-state index contributed by atoms with van der Waals surface area (Å²) in [5.74, 6) is -1.12. The van der Waals surface area contributed by atoms with Crippen molar-refractivity contribution in [1.29, 1.82) is 0 Å². The summed E-state index contributed by atoms with van der Waals surface area (Å²) in [6.07, 6.45) is 0. The minimum absolute atomic E-state index is 0.0281. The highest BCUT2D eigenvalue weighted by Gasteiger charge is 2.27. The maximum absolute atomic E-state index is 13.0. The smallest absolute Gasteiger partial charge is 0.251 e. The highest BCUT2D eigenvalue weighted by atomic mass is 19.1. The fraction of sp³-hybridized carbons (Fsp3) is 0.500. The molecular weight excluding hydrogens is 317 g/mol. The Balaban J connectivity index is 2.02. The van der Waals surface area contributed by atoms with E-state index in [9.17, 15) is 14.0 Å². The maximum Gasteiger partial charge on any atom is 0.251 e. The molecule has 1 aromatic rings. The van der Waals surface area contributed by atoms with E-state index in [1.54, 1.807) is 4.90 Å². The van der Waals surface area contributed by atoms with E-state index in [-0.39, 0.29) is 18.1 Å². The van der Waals surface area contributed by atoms with Crippen LogP contribution in [0.3, 0.4) is 0 Å². The third-order valence-electron chi connectivity index (χ3n) is 3.58. The quantitative estimate of drug-likeness (QED) is 0.669. The van der Waals surface area contributed by atoms with Crippen LogP contribution in [-0.4, -0.2) is 68.8 Å². The Bertz CT molecular complexity index is 547. The van der Waals surface area contributed by atoms with Crippen LogP contribution in [0.15, 0.2) is 24.3 Å². The van der Waals surface area contributed by atoms with Crippen molar-refractivity contribution in [3.05, 3.63) is 35.6 Å². The number of hydrogen-bond donors (Lipinski definition) is 2. The van der Waals surface area contributed by atoms with E-state index in [1.807, 2.05) is 0 Å². The maximum atomic E-state index is 13.0. The van der Waals surface area contributed by atoms with E-state index in [0.29, 0.717) is 39.5 Å². The summed E-state index contributed by atoms with van der Waals surface area (Å²) in [5, 5.41) is 2.65. The summed E-state index contributed by atoms with van der Waals surface area (Å²) in [4.78, 5) is 26.5. The Morgan fingerprint density at radius 1 is 1.29 bits per heavy atom.